The van der Waals surface area contributed by atoms with Crippen molar-refractivity contribution in [1.29, 1.82) is 0 Å². The Balaban J connectivity index is 1.69. The molecule has 0 aliphatic carbocycles. The van der Waals surface area contributed by atoms with Crippen LogP contribution in [0.1, 0.15) is 24.4 Å². The smallest absolute Gasteiger partial charge is 0.319 e. The van der Waals surface area contributed by atoms with Gasteiger partial charge >= 0.3 is 6.03 Å². The molecule has 2 aromatic carbocycles. The first-order valence-electron chi connectivity index (χ1n) is 7.72. The van der Waals surface area contributed by atoms with E-state index in [1.807, 2.05) is 37.3 Å². The molecule has 2 amide bonds. The van der Waals surface area contributed by atoms with Crippen molar-refractivity contribution in [3.63, 3.8) is 0 Å². The molecule has 0 unspecified atom stereocenters. The molecule has 0 saturated heterocycles. The topological polar surface area (TPSA) is 84.7 Å². The van der Waals surface area contributed by atoms with Crippen LogP contribution in [-0.2, 0) is 0 Å². The summed E-state index contributed by atoms with van der Waals surface area (Å²) in [6, 6.07) is 14.1. The summed E-state index contributed by atoms with van der Waals surface area (Å²) in [7, 11) is 0. The number of urea groups is 1. The van der Waals surface area contributed by atoms with E-state index >= 15 is 0 Å². The molecule has 1 aromatic heterocycles. The second-order valence-corrected chi connectivity index (χ2v) is 5.94. The van der Waals surface area contributed by atoms with Crippen LogP contribution < -0.4 is 10.6 Å². The minimum Gasteiger partial charge on any atom is -0.331 e. The lowest BCUT2D eigenvalue weighted by molar-refractivity contribution is 0.249. The molecule has 0 radical (unpaired) electrons. The normalized spacial score (nSPS) is 11.8. The van der Waals surface area contributed by atoms with Crippen LogP contribution in [0.5, 0.6) is 0 Å². The molecule has 1 heterocycles. The highest BCUT2D eigenvalue weighted by molar-refractivity contribution is 6.31. The molecule has 3 aromatic rings. The highest BCUT2D eigenvalue weighted by Crippen LogP contribution is 2.22. The zero-order valence-electron chi connectivity index (χ0n) is 13.8. The predicted octanol–water partition coefficient (Wildman–Crippen LogP) is 3.51. The van der Waals surface area contributed by atoms with Crippen LogP contribution in [0, 0.1) is 6.92 Å². The van der Waals surface area contributed by atoms with Gasteiger partial charge in [0.2, 0.25) is 0 Å². The minimum atomic E-state index is -0.321. The zero-order chi connectivity index (χ0) is 17.8. The summed E-state index contributed by atoms with van der Waals surface area (Å²) < 4.78 is 1.59. The third-order valence-corrected chi connectivity index (χ3v) is 4.04. The second kappa shape index (κ2) is 7.31. The third-order valence-electron chi connectivity index (χ3n) is 3.69. The van der Waals surface area contributed by atoms with Crippen molar-refractivity contribution in [2.24, 2.45) is 0 Å². The standard InChI is InChI=1S/C17H17ClN6O/c1-11(15-8-3-4-9-16(15)18)19-17(25)20-13-6-5-7-14(10-13)24-12(2)21-22-23-24/h3-11H,1-2H3,(H2,19,20,25)/t11-/m0/s1. The number of anilines is 1. The Bertz CT molecular complexity index is 894. The Morgan fingerprint density at radius 3 is 2.72 bits per heavy atom. The van der Waals surface area contributed by atoms with Gasteiger partial charge in [0.05, 0.1) is 11.7 Å². The average Bonchev–Trinajstić information content (AvgIpc) is 3.01. The van der Waals surface area contributed by atoms with E-state index in [9.17, 15) is 4.79 Å². The number of hydrogen-bond donors (Lipinski definition) is 2. The lowest BCUT2D eigenvalue weighted by atomic mass is 10.1. The van der Waals surface area contributed by atoms with Crippen molar-refractivity contribution in [2.45, 2.75) is 19.9 Å². The van der Waals surface area contributed by atoms with Gasteiger partial charge in [-0.2, -0.15) is 4.68 Å². The first kappa shape index (κ1) is 16.9. The minimum absolute atomic E-state index is 0.223. The number of tetrazole rings is 1. The monoisotopic (exact) mass is 356 g/mol. The summed E-state index contributed by atoms with van der Waals surface area (Å²) in [5, 5.41) is 17.7. The van der Waals surface area contributed by atoms with Crippen LogP contribution in [0.15, 0.2) is 48.5 Å². The van der Waals surface area contributed by atoms with E-state index in [0.717, 1.165) is 11.3 Å². The van der Waals surface area contributed by atoms with Gasteiger partial charge < -0.3 is 10.6 Å². The van der Waals surface area contributed by atoms with Gasteiger partial charge in [0, 0.05) is 10.7 Å². The van der Waals surface area contributed by atoms with Gasteiger partial charge in [0.1, 0.15) is 0 Å². The highest BCUT2D eigenvalue weighted by Gasteiger charge is 2.12. The summed E-state index contributed by atoms with van der Waals surface area (Å²) >= 11 is 6.16. The molecule has 0 bridgehead atoms. The Labute approximate surface area is 150 Å². The number of carbonyl (C=O) groups excluding carboxylic acids is 1. The lowest BCUT2D eigenvalue weighted by Crippen LogP contribution is -2.31. The fourth-order valence-corrected chi connectivity index (χ4v) is 2.75. The number of aryl methyl sites for hydroxylation is 1. The van der Waals surface area contributed by atoms with Crippen molar-refractivity contribution >= 4 is 23.3 Å². The fourth-order valence-electron chi connectivity index (χ4n) is 2.45. The van der Waals surface area contributed by atoms with E-state index in [0.29, 0.717) is 16.5 Å². The Hall–Kier alpha value is -2.93. The van der Waals surface area contributed by atoms with Gasteiger partial charge in [-0.05, 0) is 54.1 Å². The van der Waals surface area contributed by atoms with E-state index in [2.05, 4.69) is 26.2 Å². The molecule has 0 spiro atoms. The van der Waals surface area contributed by atoms with E-state index in [-0.39, 0.29) is 12.1 Å². The largest absolute Gasteiger partial charge is 0.331 e. The maximum absolute atomic E-state index is 12.3. The highest BCUT2D eigenvalue weighted by atomic mass is 35.5. The maximum atomic E-state index is 12.3. The Morgan fingerprint density at radius 1 is 1.20 bits per heavy atom. The molecule has 0 saturated carbocycles. The molecule has 2 N–H and O–H groups in total. The van der Waals surface area contributed by atoms with Gasteiger partial charge in [0.15, 0.2) is 5.82 Å². The summed E-state index contributed by atoms with van der Waals surface area (Å²) in [6.45, 7) is 3.68. The number of benzene rings is 2. The quantitative estimate of drug-likeness (QED) is 0.749. The summed E-state index contributed by atoms with van der Waals surface area (Å²) in [4.78, 5) is 12.3. The van der Waals surface area contributed by atoms with Gasteiger partial charge in [0.25, 0.3) is 0 Å². The van der Waals surface area contributed by atoms with Crippen LogP contribution in [0.3, 0.4) is 0 Å². The number of nitrogens with zero attached hydrogens (tertiary/aromatic N) is 4. The second-order valence-electron chi connectivity index (χ2n) is 5.53. The molecule has 1 atom stereocenters. The van der Waals surface area contributed by atoms with E-state index in [1.54, 1.807) is 29.8 Å². The number of aromatic nitrogens is 4. The van der Waals surface area contributed by atoms with Crippen molar-refractivity contribution in [3.05, 3.63) is 64.9 Å². The van der Waals surface area contributed by atoms with Crippen molar-refractivity contribution in [3.8, 4) is 5.69 Å². The molecule has 25 heavy (non-hydrogen) atoms. The first-order chi connectivity index (χ1) is 12.0. The zero-order valence-corrected chi connectivity index (χ0v) is 14.5. The number of amides is 2. The molecule has 128 valence electrons. The molecule has 7 nitrogen and oxygen atoms in total. The summed E-state index contributed by atoms with van der Waals surface area (Å²) in [6.07, 6.45) is 0. The summed E-state index contributed by atoms with van der Waals surface area (Å²) in [5.41, 5.74) is 2.26. The molecular weight excluding hydrogens is 340 g/mol. The number of rotatable bonds is 4. The van der Waals surface area contributed by atoms with Gasteiger partial charge in [-0.1, -0.05) is 35.9 Å². The molecule has 8 heteroatoms. The Morgan fingerprint density at radius 2 is 2.00 bits per heavy atom. The first-order valence-corrected chi connectivity index (χ1v) is 8.10. The molecule has 3 rings (SSSR count). The number of nitrogens with one attached hydrogen (secondary N) is 2. The number of carbonyl (C=O) groups is 1. The maximum Gasteiger partial charge on any atom is 0.319 e. The van der Waals surface area contributed by atoms with Gasteiger partial charge in [-0.25, -0.2) is 4.79 Å². The molecule has 0 aliphatic rings. The van der Waals surface area contributed by atoms with E-state index < -0.39 is 0 Å². The van der Waals surface area contributed by atoms with Crippen LogP contribution in [0.2, 0.25) is 5.02 Å². The molecule has 0 fully saturated rings. The van der Waals surface area contributed by atoms with Gasteiger partial charge in [-0.3, -0.25) is 0 Å². The number of halogens is 1. The fraction of sp³-hybridized carbons (Fsp3) is 0.176. The van der Waals surface area contributed by atoms with Crippen LogP contribution in [0.25, 0.3) is 5.69 Å². The molecular formula is C17H17ClN6O. The van der Waals surface area contributed by atoms with Crippen molar-refractivity contribution in [1.82, 2.24) is 25.5 Å². The number of hydrogen-bond acceptors (Lipinski definition) is 4. The van der Waals surface area contributed by atoms with Crippen LogP contribution in [-0.4, -0.2) is 26.2 Å². The molecule has 0 aliphatic heterocycles. The predicted molar refractivity (Wildman–Crippen MR) is 95.9 cm³/mol. The third kappa shape index (κ3) is 3.95. The van der Waals surface area contributed by atoms with Crippen LogP contribution in [0.4, 0.5) is 10.5 Å². The van der Waals surface area contributed by atoms with Crippen LogP contribution >= 0.6 is 11.6 Å². The lowest BCUT2D eigenvalue weighted by Gasteiger charge is -2.16. The SMILES string of the molecule is Cc1nnnn1-c1cccc(NC(=O)N[C@@H](C)c2ccccc2Cl)c1. The summed E-state index contributed by atoms with van der Waals surface area (Å²) in [5.74, 6) is 0.661. The van der Waals surface area contributed by atoms with Crippen molar-refractivity contribution < 1.29 is 4.79 Å². The van der Waals surface area contributed by atoms with E-state index in [1.165, 1.54) is 0 Å². The van der Waals surface area contributed by atoms with Crippen molar-refractivity contribution in [2.75, 3.05) is 5.32 Å². The van der Waals surface area contributed by atoms with E-state index in [4.69, 9.17) is 11.6 Å². The Kier molecular flexibility index (Phi) is 4.95. The van der Waals surface area contributed by atoms with Gasteiger partial charge in [-0.15, -0.1) is 5.10 Å². The average molecular weight is 357 g/mol.